The summed E-state index contributed by atoms with van der Waals surface area (Å²) in [6.07, 6.45) is 1.28. The lowest BCUT2D eigenvalue weighted by molar-refractivity contribution is -0.118. The zero-order valence-electron chi connectivity index (χ0n) is 20.7. The van der Waals surface area contributed by atoms with Crippen LogP contribution in [0.2, 0.25) is 0 Å². The quantitative estimate of drug-likeness (QED) is 0.586. The molecular formula is C27H29N5O3. The van der Waals surface area contributed by atoms with Crippen molar-refractivity contribution in [1.82, 2.24) is 19.7 Å². The molecule has 0 fully saturated rings. The van der Waals surface area contributed by atoms with Crippen LogP contribution in [0.5, 0.6) is 11.5 Å². The molecule has 3 aliphatic rings. The molecule has 2 aromatic heterocycles. The largest absolute Gasteiger partial charge is 0.486 e. The second kappa shape index (κ2) is 7.66. The molecule has 0 saturated carbocycles. The summed E-state index contributed by atoms with van der Waals surface area (Å²) in [6, 6.07) is 7.93. The lowest BCUT2D eigenvalue weighted by Crippen LogP contribution is -2.34. The molecule has 6 rings (SSSR count). The number of ketones is 1. The molecule has 1 aromatic carbocycles. The molecule has 0 amide bonds. The van der Waals surface area contributed by atoms with Gasteiger partial charge in [0.15, 0.2) is 17.3 Å². The van der Waals surface area contributed by atoms with Crippen molar-refractivity contribution in [3.63, 3.8) is 0 Å². The Morgan fingerprint density at radius 1 is 1.00 bits per heavy atom. The van der Waals surface area contributed by atoms with Gasteiger partial charge in [0.2, 0.25) is 0 Å². The van der Waals surface area contributed by atoms with Crippen molar-refractivity contribution >= 4 is 11.6 Å². The third-order valence-electron chi connectivity index (χ3n) is 6.93. The number of nitrogens with zero attached hydrogens (tertiary/aromatic N) is 4. The van der Waals surface area contributed by atoms with Gasteiger partial charge < -0.3 is 14.8 Å². The Labute approximate surface area is 204 Å². The molecule has 8 nitrogen and oxygen atoms in total. The molecule has 1 N–H and O–H groups in total. The highest BCUT2D eigenvalue weighted by molar-refractivity contribution is 6.01. The van der Waals surface area contributed by atoms with E-state index in [1.807, 2.05) is 45.0 Å². The van der Waals surface area contributed by atoms with Crippen LogP contribution in [0, 0.1) is 26.2 Å². The van der Waals surface area contributed by atoms with Gasteiger partial charge in [0, 0.05) is 40.6 Å². The van der Waals surface area contributed by atoms with Gasteiger partial charge in [0.1, 0.15) is 19.0 Å². The van der Waals surface area contributed by atoms with E-state index >= 15 is 0 Å². The average Bonchev–Trinajstić information content (AvgIpc) is 3.12. The minimum Gasteiger partial charge on any atom is -0.486 e. The van der Waals surface area contributed by atoms with Gasteiger partial charge in [0.05, 0.1) is 5.69 Å². The van der Waals surface area contributed by atoms with E-state index in [0.717, 1.165) is 57.5 Å². The van der Waals surface area contributed by atoms with E-state index in [2.05, 4.69) is 29.1 Å². The van der Waals surface area contributed by atoms with E-state index in [1.54, 1.807) is 4.68 Å². The van der Waals surface area contributed by atoms with E-state index in [1.165, 1.54) is 0 Å². The van der Waals surface area contributed by atoms with Crippen LogP contribution in [-0.4, -0.2) is 38.7 Å². The average molecular weight is 472 g/mol. The van der Waals surface area contributed by atoms with Crippen LogP contribution in [0.25, 0.3) is 5.95 Å². The summed E-state index contributed by atoms with van der Waals surface area (Å²) >= 11 is 0. The number of ether oxygens (including phenoxy) is 2. The van der Waals surface area contributed by atoms with Gasteiger partial charge in [-0.2, -0.15) is 9.78 Å². The number of aromatic nitrogens is 4. The van der Waals surface area contributed by atoms with Gasteiger partial charge in [-0.15, -0.1) is 0 Å². The summed E-state index contributed by atoms with van der Waals surface area (Å²) in [4.78, 5) is 22.9. The maximum Gasteiger partial charge on any atom is 0.252 e. The van der Waals surface area contributed by atoms with Crippen molar-refractivity contribution in [2.24, 2.45) is 5.41 Å². The zero-order chi connectivity index (χ0) is 24.5. The standard InChI is InChI=1S/C27H29N5O3/c1-14-10-15(2)29-26(28-14)32-25-22(16(3)31-32)23(17-6-7-20-21(11-17)35-9-8-34-20)24-18(30-25)12-27(4,5)13-19(24)33/h6-7,10-11,23,30H,8-9,12-13H2,1-5H3. The van der Waals surface area contributed by atoms with Crippen LogP contribution in [0.1, 0.15) is 60.8 Å². The van der Waals surface area contributed by atoms with Crippen molar-refractivity contribution in [2.45, 2.75) is 53.4 Å². The molecule has 1 unspecified atom stereocenters. The van der Waals surface area contributed by atoms with Gasteiger partial charge in [-0.1, -0.05) is 19.9 Å². The number of rotatable bonds is 2. The number of hydrogen-bond donors (Lipinski definition) is 1. The lowest BCUT2D eigenvalue weighted by atomic mass is 9.69. The Morgan fingerprint density at radius 3 is 2.46 bits per heavy atom. The summed E-state index contributed by atoms with van der Waals surface area (Å²) in [5, 5.41) is 8.46. The number of nitrogens with one attached hydrogen (secondary N) is 1. The molecule has 35 heavy (non-hydrogen) atoms. The van der Waals surface area contributed by atoms with E-state index < -0.39 is 0 Å². The number of fused-ring (bicyclic) bond motifs is 2. The molecule has 0 bridgehead atoms. The predicted molar refractivity (Wildman–Crippen MR) is 131 cm³/mol. The molecule has 1 aliphatic carbocycles. The Balaban J connectivity index is 1.58. The highest BCUT2D eigenvalue weighted by Gasteiger charge is 2.43. The maximum atomic E-state index is 13.6. The number of carbonyl (C=O) groups excluding carboxylic acids is 1. The summed E-state index contributed by atoms with van der Waals surface area (Å²) in [7, 11) is 0. The van der Waals surface area contributed by atoms with Gasteiger partial charge in [-0.05, 0) is 56.4 Å². The first-order valence-corrected chi connectivity index (χ1v) is 12.1. The fraction of sp³-hybridized carbons (Fsp3) is 0.407. The number of anilines is 1. The fourth-order valence-corrected chi connectivity index (χ4v) is 5.59. The number of aryl methyl sites for hydroxylation is 3. The molecule has 4 heterocycles. The first-order valence-electron chi connectivity index (χ1n) is 12.1. The van der Waals surface area contributed by atoms with Crippen molar-refractivity contribution in [2.75, 3.05) is 18.5 Å². The van der Waals surface area contributed by atoms with E-state index in [-0.39, 0.29) is 17.1 Å². The number of benzene rings is 1. The fourth-order valence-electron chi connectivity index (χ4n) is 5.59. The second-order valence-electron chi connectivity index (χ2n) is 10.5. The predicted octanol–water partition coefficient (Wildman–Crippen LogP) is 4.56. The molecule has 0 spiro atoms. The van der Waals surface area contributed by atoms with Crippen molar-refractivity contribution in [3.05, 3.63) is 63.7 Å². The minimum absolute atomic E-state index is 0.131. The normalized spacial score (nSPS) is 20.3. The van der Waals surface area contributed by atoms with Crippen LogP contribution in [0.3, 0.4) is 0 Å². The molecule has 8 heteroatoms. The Kier molecular flexibility index (Phi) is 4.78. The summed E-state index contributed by atoms with van der Waals surface area (Å²) in [5.41, 5.74) is 6.18. The first kappa shape index (κ1) is 21.8. The monoisotopic (exact) mass is 471 g/mol. The Bertz CT molecular complexity index is 1400. The van der Waals surface area contributed by atoms with Crippen LogP contribution in [0.4, 0.5) is 5.82 Å². The lowest BCUT2D eigenvalue weighted by Gasteiger charge is -2.38. The van der Waals surface area contributed by atoms with Gasteiger partial charge >= 0.3 is 0 Å². The van der Waals surface area contributed by atoms with Gasteiger partial charge in [0.25, 0.3) is 5.95 Å². The zero-order valence-corrected chi connectivity index (χ0v) is 20.7. The van der Waals surface area contributed by atoms with Crippen LogP contribution in [0.15, 0.2) is 35.5 Å². The van der Waals surface area contributed by atoms with E-state index in [9.17, 15) is 4.79 Å². The number of Topliss-reactive ketones (excluding diaryl/α,β-unsaturated/α-hetero) is 1. The number of hydrogen-bond acceptors (Lipinski definition) is 7. The Morgan fingerprint density at radius 2 is 1.71 bits per heavy atom. The minimum atomic E-state index is -0.264. The highest BCUT2D eigenvalue weighted by atomic mass is 16.6. The molecular weight excluding hydrogens is 442 g/mol. The van der Waals surface area contributed by atoms with Crippen molar-refractivity contribution in [1.29, 1.82) is 0 Å². The van der Waals surface area contributed by atoms with E-state index in [0.29, 0.717) is 31.3 Å². The SMILES string of the molecule is Cc1cc(C)nc(-n2nc(C)c3c2NC2=C(C(=O)CC(C)(C)C2)C3c2ccc3c(c2)OCCO3)n1. The van der Waals surface area contributed by atoms with Crippen molar-refractivity contribution in [3.8, 4) is 17.4 Å². The molecule has 0 saturated heterocycles. The smallest absolute Gasteiger partial charge is 0.252 e. The molecule has 3 aromatic rings. The number of allylic oxidation sites excluding steroid dienone is 2. The third kappa shape index (κ3) is 3.59. The molecule has 0 radical (unpaired) electrons. The van der Waals surface area contributed by atoms with Gasteiger partial charge in [-0.3, -0.25) is 4.79 Å². The van der Waals surface area contributed by atoms with Crippen molar-refractivity contribution < 1.29 is 14.3 Å². The van der Waals surface area contributed by atoms with Crippen LogP contribution in [-0.2, 0) is 4.79 Å². The first-order chi connectivity index (χ1) is 16.7. The number of carbonyl (C=O) groups is 1. The van der Waals surface area contributed by atoms with Crippen LogP contribution >= 0.6 is 0 Å². The third-order valence-corrected chi connectivity index (χ3v) is 6.93. The molecule has 180 valence electrons. The van der Waals surface area contributed by atoms with E-state index in [4.69, 9.17) is 14.6 Å². The summed E-state index contributed by atoms with van der Waals surface area (Å²) in [5.74, 6) is 2.68. The topological polar surface area (TPSA) is 91.2 Å². The summed E-state index contributed by atoms with van der Waals surface area (Å²) < 4.78 is 13.4. The van der Waals surface area contributed by atoms with Gasteiger partial charge in [-0.25, -0.2) is 9.97 Å². The maximum absolute atomic E-state index is 13.6. The Hall–Kier alpha value is -3.68. The van der Waals surface area contributed by atoms with Crippen LogP contribution < -0.4 is 14.8 Å². The molecule has 1 atom stereocenters. The second-order valence-corrected chi connectivity index (χ2v) is 10.5. The highest BCUT2D eigenvalue weighted by Crippen LogP contribution is 2.51. The summed E-state index contributed by atoms with van der Waals surface area (Å²) in [6.45, 7) is 11.2. The molecule has 2 aliphatic heterocycles.